The molecule has 1 atom stereocenters. The van der Waals surface area contributed by atoms with Crippen LogP contribution in [0.4, 0.5) is 0 Å². The second-order valence-corrected chi connectivity index (χ2v) is 4.18. The van der Waals surface area contributed by atoms with Crippen LogP contribution in [0.5, 0.6) is 0 Å². The van der Waals surface area contributed by atoms with Gasteiger partial charge in [-0.1, -0.05) is 36.8 Å². The number of ether oxygens (including phenoxy) is 1. The van der Waals surface area contributed by atoms with Gasteiger partial charge in [-0.15, -0.1) is 0 Å². The molecule has 0 aliphatic carbocycles. The van der Waals surface area contributed by atoms with E-state index in [9.17, 15) is 0 Å². The van der Waals surface area contributed by atoms with Gasteiger partial charge < -0.3 is 10.1 Å². The molecule has 0 saturated heterocycles. The van der Waals surface area contributed by atoms with Crippen molar-refractivity contribution in [2.75, 3.05) is 20.3 Å². The van der Waals surface area contributed by atoms with Crippen molar-refractivity contribution in [3.05, 3.63) is 35.4 Å². The molecule has 0 heterocycles. The number of hydrogen-bond donors (Lipinski definition) is 1. The van der Waals surface area contributed by atoms with Gasteiger partial charge in [0.2, 0.25) is 0 Å². The van der Waals surface area contributed by atoms with E-state index in [1.54, 1.807) is 7.11 Å². The first-order valence-electron chi connectivity index (χ1n) is 5.47. The maximum atomic E-state index is 5.08. The van der Waals surface area contributed by atoms with Crippen LogP contribution >= 0.6 is 0 Å². The van der Waals surface area contributed by atoms with Crippen molar-refractivity contribution in [2.24, 2.45) is 5.92 Å². The van der Waals surface area contributed by atoms with Crippen molar-refractivity contribution in [1.29, 1.82) is 0 Å². The minimum absolute atomic E-state index is 0.570. The van der Waals surface area contributed by atoms with Crippen molar-refractivity contribution in [2.45, 2.75) is 20.4 Å². The van der Waals surface area contributed by atoms with E-state index in [1.165, 1.54) is 11.1 Å². The van der Waals surface area contributed by atoms with E-state index in [0.29, 0.717) is 5.92 Å². The van der Waals surface area contributed by atoms with Crippen LogP contribution in [-0.2, 0) is 11.3 Å². The highest BCUT2D eigenvalue weighted by molar-refractivity contribution is 5.20. The van der Waals surface area contributed by atoms with Gasteiger partial charge in [0.15, 0.2) is 0 Å². The summed E-state index contributed by atoms with van der Waals surface area (Å²) in [5.41, 5.74) is 2.65. The van der Waals surface area contributed by atoms with Crippen molar-refractivity contribution in [3.63, 3.8) is 0 Å². The van der Waals surface area contributed by atoms with Gasteiger partial charge in [0.05, 0.1) is 0 Å². The highest BCUT2D eigenvalue weighted by atomic mass is 16.5. The number of benzene rings is 1. The maximum Gasteiger partial charge on any atom is 0.0499 e. The second-order valence-electron chi connectivity index (χ2n) is 4.18. The highest BCUT2D eigenvalue weighted by Gasteiger charge is 2.00. The minimum atomic E-state index is 0.570. The first-order valence-corrected chi connectivity index (χ1v) is 5.47. The summed E-state index contributed by atoms with van der Waals surface area (Å²) in [5, 5.41) is 3.43. The molecule has 2 heteroatoms. The van der Waals surface area contributed by atoms with Gasteiger partial charge in [-0.2, -0.15) is 0 Å². The summed E-state index contributed by atoms with van der Waals surface area (Å²) in [5.74, 6) is 0.570. The van der Waals surface area contributed by atoms with Crippen molar-refractivity contribution in [1.82, 2.24) is 5.32 Å². The van der Waals surface area contributed by atoms with Crippen LogP contribution in [0.2, 0.25) is 0 Å². The fourth-order valence-corrected chi connectivity index (χ4v) is 1.51. The first-order chi connectivity index (χ1) is 7.22. The van der Waals surface area contributed by atoms with Gasteiger partial charge >= 0.3 is 0 Å². The third kappa shape index (κ3) is 4.96. The molecule has 1 aromatic rings. The average Bonchev–Trinajstić information content (AvgIpc) is 2.21. The third-order valence-corrected chi connectivity index (χ3v) is 2.39. The summed E-state index contributed by atoms with van der Waals surface area (Å²) in [6.07, 6.45) is 0. The van der Waals surface area contributed by atoms with Crippen LogP contribution in [-0.4, -0.2) is 20.3 Å². The van der Waals surface area contributed by atoms with Crippen molar-refractivity contribution >= 4 is 0 Å². The predicted octanol–water partition coefficient (Wildman–Crippen LogP) is 2.37. The lowest BCUT2D eigenvalue weighted by Crippen LogP contribution is -2.23. The van der Waals surface area contributed by atoms with Crippen LogP contribution < -0.4 is 5.32 Å². The topological polar surface area (TPSA) is 21.3 Å². The maximum absolute atomic E-state index is 5.08. The molecule has 0 amide bonds. The Morgan fingerprint density at radius 1 is 1.27 bits per heavy atom. The summed E-state index contributed by atoms with van der Waals surface area (Å²) in [6.45, 7) is 7.06. The Bertz CT molecular complexity index is 268. The normalized spacial score (nSPS) is 12.7. The molecule has 0 aromatic heterocycles. The van der Waals surface area contributed by atoms with Gasteiger partial charge in [0, 0.05) is 26.8 Å². The number of hydrogen-bond acceptors (Lipinski definition) is 2. The first kappa shape index (κ1) is 12.2. The average molecular weight is 207 g/mol. The molecular weight excluding hydrogens is 186 g/mol. The lowest BCUT2D eigenvalue weighted by molar-refractivity contribution is 0.158. The van der Waals surface area contributed by atoms with E-state index in [2.05, 4.69) is 43.4 Å². The fourth-order valence-electron chi connectivity index (χ4n) is 1.51. The summed E-state index contributed by atoms with van der Waals surface area (Å²) in [7, 11) is 1.75. The van der Waals surface area contributed by atoms with Crippen LogP contribution in [0.25, 0.3) is 0 Å². The molecule has 1 rings (SSSR count). The molecule has 0 saturated carbocycles. The molecule has 0 radical (unpaired) electrons. The molecule has 1 N–H and O–H groups in total. The largest absolute Gasteiger partial charge is 0.384 e. The lowest BCUT2D eigenvalue weighted by Gasteiger charge is -2.11. The monoisotopic (exact) mass is 207 g/mol. The van der Waals surface area contributed by atoms with Crippen LogP contribution in [0.15, 0.2) is 24.3 Å². The quantitative estimate of drug-likeness (QED) is 0.773. The highest BCUT2D eigenvalue weighted by Crippen LogP contribution is 2.02. The summed E-state index contributed by atoms with van der Waals surface area (Å²) in [6, 6.07) is 8.64. The van der Waals surface area contributed by atoms with Crippen molar-refractivity contribution in [3.8, 4) is 0 Å². The number of rotatable bonds is 6. The van der Waals surface area contributed by atoms with Crippen LogP contribution in [0.1, 0.15) is 18.1 Å². The molecule has 0 aliphatic heterocycles. The smallest absolute Gasteiger partial charge is 0.0499 e. The second kappa shape index (κ2) is 6.59. The predicted molar refractivity (Wildman–Crippen MR) is 63.9 cm³/mol. The zero-order valence-electron chi connectivity index (χ0n) is 9.92. The third-order valence-electron chi connectivity index (χ3n) is 2.39. The molecule has 2 nitrogen and oxygen atoms in total. The lowest BCUT2D eigenvalue weighted by atomic mass is 10.1. The molecular formula is C13H21NO. The number of methoxy groups -OCH3 is 1. The minimum Gasteiger partial charge on any atom is -0.384 e. The Morgan fingerprint density at radius 2 is 1.93 bits per heavy atom. The zero-order chi connectivity index (χ0) is 11.1. The standard InChI is InChI=1S/C13H21NO/c1-11-4-6-13(7-5-11)9-14-8-12(2)10-15-3/h4-7,12,14H,8-10H2,1-3H3. The molecule has 0 bridgehead atoms. The van der Waals surface area contributed by atoms with E-state index in [1.807, 2.05) is 0 Å². The van der Waals surface area contributed by atoms with Gasteiger partial charge in [-0.05, 0) is 18.4 Å². The summed E-state index contributed by atoms with van der Waals surface area (Å²) < 4.78 is 5.08. The van der Waals surface area contributed by atoms with Crippen LogP contribution in [0, 0.1) is 12.8 Å². The molecule has 15 heavy (non-hydrogen) atoms. The Balaban J connectivity index is 2.22. The Labute approximate surface area is 92.6 Å². The zero-order valence-corrected chi connectivity index (χ0v) is 9.92. The van der Waals surface area contributed by atoms with Crippen LogP contribution in [0.3, 0.4) is 0 Å². The number of aryl methyl sites for hydroxylation is 1. The Morgan fingerprint density at radius 3 is 2.53 bits per heavy atom. The van der Waals surface area contributed by atoms with Gasteiger partial charge in [0.1, 0.15) is 0 Å². The molecule has 0 fully saturated rings. The van der Waals surface area contributed by atoms with Gasteiger partial charge in [-0.25, -0.2) is 0 Å². The van der Waals surface area contributed by atoms with E-state index >= 15 is 0 Å². The van der Waals surface area contributed by atoms with Crippen molar-refractivity contribution < 1.29 is 4.74 Å². The molecule has 1 aromatic carbocycles. The fraction of sp³-hybridized carbons (Fsp3) is 0.538. The summed E-state index contributed by atoms with van der Waals surface area (Å²) >= 11 is 0. The van der Waals surface area contributed by atoms with Gasteiger partial charge in [-0.3, -0.25) is 0 Å². The Hall–Kier alpha value is -0.860. The molecule has 1 unspecified atom stereocenters. The molecule has 0 aliphatic rings. The molecule has 0 spiro atoms. The van der Waals surface area contributed by atoms with E-state index < -0.39 is 0 Å². The van der Waals surface area contributed by atoms with E-state index in [-0.39, 0.29) is 0 Å². The van der Waals surface area contributed by atoms with E-state index in [0.717, 1.165) is 19.7 Å². The SMILES string of the molecule is COCC(C)CNCc1ccc(C)cc1. The molecule has 84 valence electrons. The van der Waals surface area contributed by atoms with Gasteiger partial charge in [0.25, 0.3) is 0 Å². The van der Waals surface area contributed by atoms with E-state index in [4.69, 9.17) is 4.74 Å². The summed E-state index contributed by atoms with van der Waals surface area (Å²) in [4.78, 5) is 0. The Kier molecular flexibility index (Phi) is 5.37. The number of nitrogens with one attached hydrogen (secondary N) is 1.